The van der Waals surface area contributed by atoms with Gasteiger partial charge in [0.1, 0.15) is 0 Å². The van der Waals surface area contributed by atoms with Gasteiger partial charge in [0.2, 0.25) is 5.91 Å². The molecule has 0 unspecified atom stereocenters. The van der Waals surface area contributed by atoms with Gasteiger partial charge in [0, 0.05) is 5.02 Å². The van der Waals surface area contributed by atoms with Crippen LogP contribution in [0.25, 0.3) is 0 Å². The van der Waals surface area contributed by atoms with Gasteiger partial charge in [0.15, 0.2) is 0 Å². The highest BCUT2D eigenvalue weighted by atomic mass is 35.5. The molecule has 0 spiro atoms. The number of likely N-dealkylation sites (tertiary alicyclic amines) is 1. The van der Waals surface area contributed by atoms with Crippen LogP contribution in [0.4, 0.5) is 0 Å². The van der Waals surface area contributed by atoms with Gasteiger partial charge in [0.05, 0.1) is 25.1 Å². The van der Waals surface area contributed by atoms with Crippen molar-refractivity contribution < 1.29 is 9.90 Å². The number of benzene rings is 1. The minimum Gasteiger partial charge on any atom is -0.386 e. The molecule has 1 aliphatic heterocycles. The molecular formula is C13H16ClNO2. The fourth-order valence-corrected chi connectivity index (χ4v) is 2.21. The van der Waals surface area contributed by atoms with E-state index >= 15 is 0 Å². The lowest BCUT2D eigenvalue weighted by molar-refractivity contribution is -0.155. The Morgan fingerprint density at radius 1 is 1.53 bits per heavy atom. The van der Waals surface area contributed by atoms with Crippen molar-refractivity contribution in [3.05, 3.63) is 34.9 Å². The number of β-amino-alcohol motifs (C(OH)–C–C–N with tert-alkyl or cyclic N) is 1. The van der Waals surface area contributed by atoms with Crippen molar-refractivity contribution in [3.8, 4) is 0 Å². The Morgan fingerprint density at radius 2 is 2.24 bits per heavy atom. The van der Waals surface area contributed by atoms with Gasteiger partial charge in [-0.1, -0.05) is 30.7 Å². The van der Waals surface area contributed by atoms with Crippen LogP contribution in [0.3, 0.4) is 0 Å². The molecule has 4 heteroatoms. The number of aliphatic hydroxyl groups is 1. The Labute approximate surface area is 106 Å². The second-order valence-corrected chi connectivity index (χ2v) is 5.07. The van der Waals surface area contributed by atoms with Gasteiger partial charge in [-0.3, -0.25) is 4.79 Å². The van der Waals surface area contributed by atoms with E-state index in [9.17, 15) is 9.90 Å². The smallest absolute Gasteiger partial charge is 0.227 e. The maximum absolute atomic E-state index is 11.9. The number of nitrogens with zero attached hydrogens (tertiary/aromatic N) is 1. The van der Waals surface area contributed by atoms with Crippen molar-refractivity contribution in [2.24, 2.45) is 0 Å². The molecule has 2 rings (SSSR count). The van der Waals surface area contributed by atoms with E-state index in [4.69, 9.17) is 11.6 Å². The van der Waals surface area contributed by atoms with Crippen molar-refractivity contribution in [2.45, 2.75) is 25.4 Å². The number of carbonyl (C=O) groups is 1. The van der Waals surface area contributed by atoms with E-state index in [0.717, 1.165) is 5.56 Å². The highest BCUT2D eigenvalue weighted by Crippen LogP contribution is 2.24. The molecule has 92 valence electrons. The number of hydrogen-bond donors (Lipinski definition) is 1. The van der Waals surface area contributed by atoms with Crippen LogP contribution in [0.15, 0.2) is 24.3 Å². The molecule has 0 aromatic heterocycles. The van der Waals surface area contributed by atoms with E-state index in [-0.39, 0.29) is 5.91 Å². The van der Waals surface area contributed by atoms with Gasteiger partial charge in [-0.05, 0) is 24.1 Å². The molecule has 0 bridgehead atoms. The molecule has 17 heavy (non-hydrogen) atoms. The topological polar surface area (TPSA) is 40.5 Å². The van der Waals surface area contributed by atoms with Crippen LogP contribution in [-0.2, 0) is 11.2 Å². The van der Waals surface area contributed by atoms with E-state index in [2.05, 4.69) is 0 Å². The van der Waals surface area contributed by atoms with E-state index in [1.807, 2.05) is 19.1 Å². The molecule has 0 aliphatic carbocycles. The lowest BCUT2D eigenvalue weighted by Crippen LogP contribution is -2.63. The zero-order valence-corrected chi connectivity index (χ0v) is 10.6. The molecule has 1 heterocycles. The van der Waals surface area contributed by atoms with Crippen molar-refractivity contribution in [3.63, 3.8) is 0 Å². The summed E-state index contributed by atoms with van der Waals surface area (Å²) in [6.07, 6.45) is 1.04. The van der Waals surface area contributed by atoms with Gasteiger partial charge < -0.3 is 10.0 Å². The first-order valence-corrected chi connectivity index (χ1v) is 6.15. The van der Waals surface area contributed by atoms with Gasteiger partial charge in [-0.2, -0.15) is 0 Å². The standard InChI is InChI=1S/C13H16ClNO2/c1-2-13(17)8-15(9-13)12(16)7-10-4-3-5-11(14)6-10/h3-6,17H,2,7-9H2,1H3. The summed E-state index contributed by atoms with van der Waals surface area (Å²) >= 11 is 5.86. The molecule has 1 aliphatic rings. The maximum Gasteiger partial charge on any atom is 0.227 e. The van der Waals surface area contributed by atoms with Gasteiger partial charge in [-0.25, -0.2) is 0 Å². The summed E-state index contributed by atoms with van der Waals surface area (Å²) in [6, 6.07) is 7.30. The number of carbonyl (C=O) groups excluding carboxylic acids is 1. The van der Waals surface area contributed by atoms with Crippen LogP contribution >= 0.6 is 11.6 Å². The fraction of sp³-hybridized carbons (Fsp3) is 0.462. The number of amides is 1. The summed E-state index contributed by atoms with van der Waals surface area (Å²) in [5, 5.41) is 10.5. The molecule has 1 amide bonds. The third-order valence-corrected chi connectivity index (χ3v) is 3.46. The predicted octanol–water partition coefficient (Wildman–Crippen LogP) is 1.87. The average molecular weight is 254 g/mol. The predicted molar refractivity (Wildman–Crippen MR) is 67.0 cm³/mol. The fourth-order valence-electron chi connectivity index (χ4n) is 2.00. The van der Waals surface area contributed by atoms with Crippen molar-refractivity contribution >= 4 is 17.5 Å². The first-order valence-electron chi connectivity index (χ1n) is 5.77. The molecule has 1 aromatic carbocycles. The highest BCUT2D eigenvalue weighted by molar-refractivity contribution is 6.30. The van der Waals surface area contributed by atoms with Crippen LogP contribution < -0.4 is 0 Å². The molecule has 1 aromatic rings. The third-order valence-electron chi connectivity index (χ3n) is 3.23. The van der Waals surface area contributed by atoms with E-state index in [0.29, 0.717) is 31.0 Å². The van der Waals surface area contributed by atoms with Gasteiger partial charge in [0.25, 0.3) is 0 Å². The Balaban J connectivity index is 1.91. The second-order valence-electron chi connectivity index (χ2n) is 4.63. The minimum absolute atomic E-state index is 0.0467. The largest absolute Gasteiger partial charge is 0.386 e. The van der Waals surface area contributed by atoms with Crippen molar-refractivity contribution in [1.82, 2.24) is 4.90 Å². The summed E-state index contributed by atoms with van der Waals surface area (Å²) in [5.74, 6) is 0.0467. The molecule has 1 fully saturated rings. The lowest BCUT2D eigenvalue weighted by Gasteiger charge is -2.46. The summed E-state index contributed by atoms with van der Waals surface area (Å²) in [4.78, 5) is 13.6. The molecule has 0 atom stereocenters. The maximum atomic E-state index is 11.9. The Kier molecular flexibility index (Phi) is 3.40. The zero-order valence-electron chi connectivity index (χ0n) is 9.82. The quantitative estimate of drug-likeness (QED) is 0.893. The van der Waals surface area contributed by atoms with E-state index in [1.54, 1.807) is 17.0 Å². The highest BCUT2D eigenvalue weighted by Gasteiger charge is 2.41. The Bertz CT molecular complexity index is 427. The SMILES string of the molecule is CCC1(O)CN(C(=O)Cc2cccc(Cl)c2)C1. The lowest BCUT2D eigenvalue weighted by atomic mass is 9.91. The molecule has 3 nitrogen and oxygen atoms in total. The number of halogens is 1. The van der Waals surface area contributed by atoms with Crippen molar-refractivity contribution in [1.29, 1.82) is 0 Å². The molecule has 1 N–H and O–H groups in total. The van der Waals surface area contributed by atoms with Crippen LogP contribution in [-0.4, -0.2) is 34.6 Å². The number of rotatable bonds is 3. The van der Waals surface area contributed by atoms with E-state index in [1.165, 1.54) is 0 Å². The van der Waals surface area contributed by atoms with Gasteiger partial charge in [-0.15, -0.1) is 0 Å². The summed E-state index contributed by atoms with van der Waals surface area (Å²) in [7, 11) is 0. The van der Waals surface area contributed by atoms with Crippen LogP contribution in [0.2, 0.25) is 5.02 Å². The molecule has 0 radical (unpaired) electrons. The third kappa shape index (κ3) is 2.79. The monoisotopic (exact) mass is 253 g/mol. The Hall–Kier alpha value is -1.06. The normalized spacial score (nSPS) is 17.7. The first kappa shape index (κ1) is 12.4. The van der Waals surface area contributed by atoms with E-state index < -0.39 is 5.60 Å². The first-order chi connectivity index (χ1) is 8.02. The minimum atomic E-state index is -0.663. The van der Waals surface area contributed by atoms with Crippen LogP contribution in [0.5, 0.6) is 0 Å². The van der Waals surface area contributed by atoms with Crippen molar-refractivity contribution in [2.75, 3.05) is 13.1 Å². The second kappa shape index (κ2) is 4.67. The number of hydrogen-bond acceptors (Lipinski definition) is 2. The molecular weight excluding hydrogens is 238 g/mol. The van der Waals surface area contributed by atoms with Gasteiger partial charge >= 0.3 is 0 Å². The molecule has 0 saturated carbocycles. The van der Waals surface area contributed by atoms with Crippen LogP contribution in [0, 0.1) is 0 Å². The summed E-state index contributed by atoms with van der Waals surface area (Å²) < 4.78 is 0. The molecule has 1 saturated heterocycles. The summed E-state index contributed by atoms with van der Waals surface area (Å²) in [6.45, 7) is 2.82. The average Bonchev–Trinajstić information content (AvgIpc) is 2.24. The zero-order chi connectivity index (χ0) is 12.5. The summed E-state index contributed by atoms with van der Waals surface area (Å²) in [5.41, 5.74) is 0.249. The Morgan fingerprint density at radius 3 is 2.82 bits per heavy atom. The van der Waals surface area contributed by atoms with Crippen LogP contribution in [0.1, 0.15) is 18.9 Å².